The van der Waals surface area contributed by atoms with Gasteiger partial charge < -0.3 is 5.11 Å². The minimum Gasteiger partial charge on any atom is -0.391 e. The molecule has 3 atom stereocenters. The van der Waals surface area contributed by atoms with Gasteiger partial charge in [0.25, 0.3) is 0 Å². The molecule has 0 fully saturated rings. The van der Waals surface area contributed by atoms with Crippen molar-refractivity contribution in [1.82, 2.24) is 0 Å². The number of hydrogen-bond donors (Lipinski definition) is 1. The van der Waals surface area contributed by atoms with Gasteiger partial charge in [-0.05, 0) is 17.7 Å². The van der Waals surface area contributed by atoms with Crippen LogP contribution in [-0.2, 0) is 0 Å². The first-order chi connectivity index (χ1) is 9.18. The summed E-state index contributed by atoms with van der Waals surface area (Å²) >= 11 is 1.72. The molecule has 2 aromatic carbocycles. The molecule has 0 saturated heterocycles. The number of thioether (sulfide) groups is 1. The van der Waals surface area contributed by atoms with Crippen LogP contribution in [0.1, 0.15) is 25.3 Å². The molecule has 0 bridgehead atoms. The van der Waals surface area contributed by atoms with Crippen molar-refractivity contribution in [3.8, 4) is 0 Å². The Morgan fingerprint density at radius 2 is 1.37 bits per heavy atom. The molecule has 0 unspecified atom stereocenters. The molecule has 2 aromatic rings. The fraction of sp³-hybridized carbons (Fsp3) is 0.294. The Bertz CT molecular complexity index is 483. The van der Waals surface area contributed by atoms with Crippen molar-refractivity contribution in [3.05, 3.63) is 66.2 Å². The van der Waals surface area contributed by atoms with Gasteiger partial charge in [-0.2, -0.15) is 0 Å². The van der Waals surface area contributed by atoms with Crippen LogP contribution in [0.3, 0.4) is 0 Å². The molecule has 2 rings (SSSR count). The third-order valence-electron chi connectivity index (χ3n) is 3.38. The minimum atomic E-state index is -0.354. The van der Waals surface area contributed by atoms with Gasteiger partial charge in [0.1, 0.15) is 0 Å². The molecule has 2 heteroatoms. The van der Waals surface area contributed by atoms with Crippen LogP contribution in [0.5, 0.6) is 0 Å². The van der Waals surface area contributed by atoms with Crippen molar-refractivity contribution in [2.24, 2.45) is 0 Å². The first kappa shape index (κ1) is 14.2. The number of rotatable bonds is 5. The van der Waals surface area contributed by atoms with Crippen LogP contribution < -0.4 is 0 Å². The fourth-order valence-corrected chi connectivity index (χ4v) is 3.26. The normalized spacial score (nSPS) is 15.7. The molecule has 0 aliphatic heterocycles. The molecule has 0 radical (unpaired) electrons. The van der Waals surface area contributed by atoms with E-state index in [1.165, 1.54) is 10.5 Å². The van der Waals surface area contributed by atoms with Crippen LogP contribution in [0.15, 0.2) is 65.6 Å². The largest absolute Gasteiger partial charge is 0.391 e. The molecule has 0 spiro atoms. The molecule has 0 amide bonds. The third kappa shape index (κ3) is 3.85. The molecule has 0 aliphatic rings. The summed E-state index contributed by atoms with van der Waals surface area (Å²) in [7, 11) is 0. The standard InChI is InChI=1S/C17H20OS/c1-13(15-9-5-3-6-10-15)17(18)14(2)19-16-11-7-4-8-12-16/h3-14,17-18H,1-2H3/t13-,14-,17-/m0/s1. The molecule has 100 valence electrons. The van der Waals surface area contributed by atoms with Crippen LogP contribution >= 0.6 is 11.8 Å². The zero-order chi connectivity index (χ0) is 13.7. The van der Waals surface area contributed by atoms with Gasteiger partial charge in [-0.15, -0.1) is 11.8 Å². The van der Waals surface area contributed by atoms with Crippen molar-refractivity contribution < 1.29 is 5.11 Å². The lowest BCUT2D eigenvalue weighted by atomic mass is 9.94. The van der Waals surface area contributed by atoms with Gasteiger partial charge in [0.05, 0.1) is 6.10 Å². The predicted molar refractivity (Wildman–Crippen MR) is 82.6 cm³/mol. The number of aliphatic hydroxyl groups excluding tert-OH is 1. The Labute approximate surface area is 119 Å². The maximum Gasteiger partial charge on any atom is 0.0725 e. The average molecular weight is 272 g/mol. The van der Waals surface area contributed by atoms with Crippen molar-refractivity contribution in [2.75, 3.05) is 0 Å². The second-order valence-electron chi connectivity index (χ2n) is 4.83. The first-order valence-electron chi connectivity index (χ1n) is 6.63. The van der Waals surface area contributed by atoms with E-state index in [1.807, 2.05) is 36.4 Å². The monoisotopic (exact) mass is 272 g/mol. The Balaban J connectivity index is 2.01. The minimum absolute atomic E-state index is 0.146. The SMILES string of the molecule is C[C@H](Sc1ccccc1)[C@@H](O)[C@@H](C)c1ccccc1. The van der Waals surface area contributed by atoms with Crippen LogP contribution in [0, 0.1) is 0 Å². The lowest BCUT2D eigenvalue weighted by Gasteiger charge is -2.25. The Morgan fingerprint density at radius 1 is 0.842 bits per heavy atom. The summed E-state index contributed by atoms with van der Waals surface area (Å²) in [6.45, 7) is 4.17. The quantitative estimate of drug-likeness (QED) is 0.817. The van der Waals surface area contributed by atoms with E-state index in [0.29, 0.717) is 0 Å². The van der Waals surface area contributed by atoms with Crippen LogP contribution in [0.4, 0.5) is 0 Å². The van der Waals surface area contributed by atoms with Crippen molar-refractivity contribution in [1.29, 1.82) is 0 Å². The van der Waals surface area contributed by atoms with Crippen LogP contribution in [-0.4, -0.2) is 16.5 Å². The lowest BCUT2D eigenvalue weighted by Crippen LogP contribution is -2.26. The maximum atomic E-state index is 10.5. The van der Waals surface area contributed by atoms with Gasteiger partial charge >= 0.3 is 0 Å². The summed E-state index contributed by atoms with van der Waals surface area (Å²) in [5, 5.41) is 10.6. The molecule has 1 nitrogen and oxygen atoms in total. The Hall–Kier alpha value is -1.25. The van der Waals surface area contributed by atoms with Gasteiger partial charge in [0, 0.05) is 16.1 Å². The van der Waals surface area contributed by atoms with Gasteiger partial charge in [-0.3, -0.25) is 0 Å². The summed E-state index contributed by atoms with van der Waals surface area (Å²) in [5.74, 6) is 0.146. The first-order valence-corrected chi connectivity index (χ1v) is 7.51. The van der Waals surface area contributed by atoms with Gasteiger partial charge in [0.15, 0.2) is 0 Å². The second kappa shape index (κ2) is 6.78. The van der Waals surface area contributed by atoms with E-state index < -0.39 is 0 Å². The summed E-state index contributed by atoms with van der Waals surface area (Å²) in [5.41, 5.74) is 1.19. The van der Waals surface area contributed by atoms with E-state index in [0.717, 1.165) is 0 Å². The number of aliphatic hydroxyl groups is 1. The molecular weight excluding hydrogens is 252 g/mol. The van der Waals surface area contributed by atoms with Gasteiger partial charge in [0.2, 0.25) is 0 Å². The molecule has 0 aliphatic carbocycles. The third-order valence-corrected chi connectivity index (χ3v) is 4.58. The van der Waals surface area contributed by atoms with Crippen molar-refractivity contribution in [2.45, 2.75) is 36.0 Å². The van der Waals surface area contributed by atoms with E-state index in [1.54, 1.807) is 11.8 Å². The highest BCUT2D eigenvalue weighted by Crippen LogP contribution is 2.31. The predicted octanol–water partition coefficient (Wildman–Crippen LogP) is 4.33. The van der Waals surface area contributed by atoms with Crippen molar-refractivity contribution >= 4 is 11.8 Å². The highest BCUT2D eigenvalue weighted by Gasteiger charge is 2.23. The molecular formula is C17H20OS. The fourth-order valence-electron chi connectivity index (χ4n) is 2.14. The second-order valence-corrected chi connectivity index (χ2v) is 6.28. The summed E-state index contributed by atoms with van der Waals surface area (Å²) in [6, 6.07) is 20.4. The summed E-state index contributed by atoms with van der Waals surface area (Å²) in [4.78, 5) is 1.20. The maximum absolute atomic E-state index is 10.5. The summed E-state index contributed by atoms with van der Waals surface area (Å²) in [6.07, 6.45) is -0.354. The number of benzene rings is 2. The molecule has 0 heterocycles. The van der Waals surface area contributed by atoms with E-state index in [-0.39, 0.29) is 17.3 Å². The highest BCUT2D eigenvalue weighted by atomic mass is 32.2. The zero-order valence-electron chi connectivity index (χ0n) is 11.4. The molecule has 0 aromatic heterocycles. The van der Waals surface area contributed by atoms with Gasteiger partial charge in [-0.1, -0.05) is 62.4 Å². The lowest BCUT2D eigenvalue weighted by molar-refractivity contribution is 0.150. The van der Waals surface area contributed by atoms with Gasteiger partial charge in [-0.25, -0.2) is 0 Å². The van der Waals surface area contributed by atoms with E-state index >= 15 is 0 Å². The van der Waals surface area contributed by atoms with Crippen LogP contribution in [0.2, 0.25) is 0 Å². The van der Waals surface area contributed by atoms with E-state index in [9.17, 15) is 5.11 Å². The zero-order valence-corrected chi connectivity index (χ0v) is 12.2. The Morgan fingerprint density at radius 3 is 1.95 bits per heavy atom. The molecule has 19 heavy (non-hydrogen) atoms. The smallest absolute Gasteiger partial charge is 0.0725 e. The highest BCUT2D eigenvalue weighted by molar-refractivity contribution is 8.00. The van der Waals surface area contributed by atoms with E-state index in [4.69, 9.17) is 0 Å². The van der Waals surface area contributed by atoms with Crippen LogP contribution in [0.25, 0.3) is 0 Å². The van der Waals surface area contributed by atoms with Crippen molar-refractivity contribution in [3.63, 3.8) is 0 Å². The number of hydrogen-bond acceptors (Lipinski definition) is 2. The Kier molecular flexibility index (Phi) is 5.06. The molecule has 1 N–H and O–H groups in total. The van der Waals surface area contributed by atoms with E-state index in [2.05, 4.69) is 38.1 Å². The summed E-state index contributed by atoms with van der Waals surface area (Å²) < 4.78 is 0. The molecule has 0 saturated carbocycles. The topological polar surface area (TPSA) is 20.2 Å². The average Bonchev–Trinajstić information content (AvgIpc) is 2.47.